The van der Waals surface area contributed by atoms with Crippen molar-refractivity contribution < 1.29 is 44.2 Å². The molecule has 2 unspecified atom stereocenters. The maximum Gasteiger partial charge on any atom is 0.519 e. The van der Waals surface area contributed by atoms with E-state index in [4.69, 9.17) is 15.2 Å². The molecule has 2 aliphatic rings. The minimum Gasteiger partial charge on any atom is -0.428 e. The number of β-amino-alcohol motifs (C(OH)–C–C–N with tert-alkyl or cyclic N) is 4. The molecule has 0 amide bonds. The lowest BCUT2D eigenvalue weighted by molar-refractivity contribution is -0.0453. The Balaban J connectivity index is 0.000000510. The maximum atomic E-state index is 11.0. The number of hydrogen-bond donors (Lipinski definition) is 5. The molecule has 2 aliphatic heterocycles. The molecule has 0 radical (unpaired) electrons. The number of aliphatic hydroxyl groups is 4. The number of rotatable bonds is 0. The van der Waals surface area contributed by atoms with Crippen LogP contribution < -0.4 is 5.73 Å². The average molecular weight is 510 g/mol. The lowest BCUT2D eigenvalue weighted by Gasteiger charge is -2.35. The highest BCUT2D eigenvalue weighted by atomic mass is 16.8. The number of ether oxygens (including phenoxy) is 3. The summed E-state index contributed by atoms with van der Waals surface area (Å²) in [5, 5.41) is 37.0. The van der Waals surface area contributed by atoms with E-state index in [-0.39, 0.29) is 18.1 Å². The fraction of sp³-hybridized carbons (Fsp3) is 0.913. The molecule has 0 aromatic rings. The lowest BCUT2D eigenvalue weighted by atomic mass is 9.94. The van der Waals surface area contributed by atoms with Crippen LogP contribution in [0.2, 0.25) is 0 Å². The Bertz CT molecular complexity index is 573. The molecular formula is C23H47N3O9. The van der Waals surface area contributed by atoms with Crippen LogP contribution in [0.5, 0.6) is 0 Å². The minimum absolute atomic E-state index is 0.0243. The van der Waals surface area contributed by atoms with E-state index in [0.717, 1.165) is 0 Å². The first-order valence-corrected chi connectivity index (χ1v) is 11.7. The van der Waals surface area contributed by atoms with E-state index in [1.54, 1.807) is 41.5 Å². The third-order valence-electron chi connectivity index (χ3n) is 5.04. The number of carbonyl (C=O) groups excluding carboxylic acids is 2. The fourth-order valence-electron chi connectivity index (χ4n) is 3.12. The van der Waals surface area contributed by atoms with Crippen molar-refractivity contribution in [1.82, 2.24) is 9.80 Å². The van der Waals surface area contributed by atoms with Gasteiger partial charge in [-0.2, -0.15) is 0 Å². The molecule has 6 N–H and O–H groups in total. The van der Waals surface area contributed by atoms with Gasteiger partial charge < -0.3 is 50.2 Å². The third kappa shape index (κ3) is 15.2. The van der Waals surface area contributed by atoms with Crippen LogP contribution >= 0.6 is 0 Å². The van der Waals surface area contributed by atoms with Crippen LogP contribution in [0.1, 0.15) is 48.5 Å². The molecule has 0 spiro atoms. The highest BCUT2D eigenvalue weighted by Crippen LogP contribution is 2.16. The Labute approximate surface area is 208 Å². The number of nitrogens with zero attached hydrogens (tertiary/aromatic N) is 2. The molecule has 0 saturated carbocycles. The van der Waals surface area contributed by atoms with E-state index in [2.05, 4.69) is 4.74 Å². The molecule has 0 aromatic carbocycles. The van der Waals surface area contributed by atoms with E-state index in [1.165, 1.54) is 0 Å². The van der Waals surface area contributed by atoms with Gasteiger partial charge in [0.25, 0.3) is 0 Å². The molecule has 6 atom stereocenters. The third-order valence-corrected chi connectivity index (χ3v) is 5.04. The fourth-order valence-corrected chi connectivity index (χ4v) is 3.12. The Morgan fingerprint density at radius 3 is 1.29 bits per heavy atom. The van der Waals surface area contributed by atoms with E-state index in [1.807, 2.05) is 30.8 Å². The molecule has 0 bridgehead atoms. The zero-order valence-corrected chi connectivity index (χ0v) is 22.6. The van der Waals surface area contributed by atoms with Crippen molar-refractivity contribution in [2.75, 3.05) is 40.3 Å². The summed E-state index contributed by atoms with van der Waals surface area (Å²) in [7, 11) is 3.75. The number of likely N-dealkylation sites (tertiary alicyclic amines) is 2. The van der Waals surface area contributed by atoms with Crippen molar-refractivity contribution in [3.8, 4) is 0 Å². The van der Waals surface area contributed by atoms with Gasteiger partial charge in [0.15, 0.2) is 0 Å². The highest BCUT2D eigenvalue weighted by Gasteiger charge is 2.30. The van der Waals surface area contributed by atoms with Crippen LogP contribution in [0.4, 0.5) is 9.59 Å². The Morgan fingerprint density at radius 2 is 1.00 bits per heavy atom. The number of likely N-dealkylation sites (N-methyl/N-ethyl adjacent to an activating group) is 2. The van der Waals surface area contributed by atoms with Crippen molar-refractivity contribution in [2.45, 2.75) is 90.1 Å². The summed E-state index contributed by atoms with van der Waals surface area (Å²) in [6.45, 7) is 14.4. The van der Waals surface area contributed by atoms with Gasteiger partial charge in [-0.1, -0.05) is 6.92 Å². The second-order valence-corrected chi connectivity index (χ2v) is 11.2. The molecule has 12 heteroatoms. The van der Waals surface area contributed by atoms with Gasteiger partial charge in [-0.25, -0.2) is 9.59 Å². The predicted molar refractivity (Wildman–Crippen MR) is 130 cm³/mol. The monoisotopic (exact) mass is 509 g/mol. The molecule has 2 heterocycles. The summed E-state index contributed by atoms with van der Waals surface area (Å²) in [4.78, 5) is 25.8. The number of hydrogen-bond acceptors (Lipinski definition) is 12. The van der Waals surface area contributed by atoms with Crippen molar-refractivity contribution in [1.29, 1.82) is 0 Å². The van der Waals surface area contributed by atoms with Crippen LogP contribution in [0, 0.1) is 5.92 Å². The summed E-state index contributed by atoms with van der Waals surface area (Å²) < 4.78 is 13.8. The van der Waals surface area contributed by atoms with Gasteiger partial charge in [0.2, 0.25) is 0 Å². The van der Waals surface area contributed by atoms with Crippen molar-refractivity contribution >= 4 is 12.3 Å². The van der Waals surface area contributed by atoms with Gasteiger partial charge in [-0.3, -0.25) is 0 Å². The van der Waals surface area contributed by atoms with Gasteiger partial charge in [-0.15, -0.1) is 0 Å². The van der Waals surface area contributed by atoms with Gasteiger partial charge in [-0.05, 0) is 55.6 Å². The second kappa shape index (κ2) is 14.3. The van der Waals surface area contributed by atoms with Crippen LogP contribution in [0.25, 0.3) is 0 Å². The molecule has 2 fully saturated rings. The Hall–Kier alpha value is -1.54. The average Bonchev–Trinajstić information content (AvgIpc) is 2.61. The quantitative estimate of drug-likeness (QED) is 0.221. The van der Waals surface area contributed by atoms with Crippen LogP contribution in [0.15, 0.2) is 0 Å². The summed E-state index contributed by atoms with van der Waals surface area (Å²) in [5.41, 5.74) is 4.07. The van der Waals surface area contributed by atoms with Gasteiger partial charge in [0.1, 0.15) is 11.2 Å². The van der Waals surface area contributed by atoms with Crippen LogP contribution in [-0.2, 0) is 14.2 Å². The first kappa shape index (κ1) is 33.5. The minimum atomic E-state index is -1.06. The first-order chi connectivity index (χ1) is 15.7. The van der Waals surface area contributed by atoms with Gasteiger partial charge in [0.05, 0.1) is 30.5 Å². The molecule has 0 aliphatic carbocycles. The zero-order valence-electron chi connectivity index (χ0n) is 22.6. The molecule has 12 nitrogen and oxygen atoms in total. The lowest BCUT2D eigenvalue weighted by Crippen LogP contribution is -2.58. The van der Waals surface area contributed by atoms with Crippen molar-refractivity contribution in [2.24, 2.45) is 11.7 Å². The Morgan fingerprint density at radius 1 is 0.714 bits per heavy atom. The maximum absolute atomic E-state index is 11.0. The molecule has 2 saturated heterocycles. The van der Waals surface area contributed by atoms with Gasteiger partial charge in [0, 0.05) is 32.1 Å². The molecule has 208 valence electrons. The number of carbonyl (C=O) groups is 2. The van der Waals surface area contributed by atoms with Gasteiger partial charge >= 0.3 is 12.3 Å². The number of aliphatic hydroxyl groups excluding tert-OH is 4. The van der Waals surface area contributed by atoms with E-state index >= 15 is 0 Å². The summed E-state index contributed by atoms with van der Waals surface area (Å²) in [5.74, 6) is 0.0243. The topological polar surface area (TPSA) is 175 Å². The zero-order chi connectivity index (χ0) is 27.7. The predicted octanol–water partition coefficient (Wildman–Crippen LogP) is 0.144. The smallest absolute Gasteiger partial charge is 0.428 e. The number of piperidine rings is 2. The number of nitrogens with two attached hydrogens (primary N) is 1. The summed E-state index contributed by atoms with van der Waals surface area (Å²) >= 11 is 0. The summed E-state index contributed by atoms with van der Waals surface area (Å²) in [6.07, 6.45) is -4.03. The SMILES string of the molecule is CC(C)(C)OC(=O)OC(=O)OC(C)(C)C.CC1[C@H](O)CN(C)C[C@@H]1O.CN1C[C@@H](O)C(N)[C@@H](O)C1. The highest BCUT2D eigenvalue weighted by molar-refractivity contribution is 5.77. The second-order valence-electron chi connectivity index (χ2n) is 11.2. The normalized spacial score (nSPS) is 30.1. The molecule has 0 aromatic heterocycles. The van der Waals surface area contributed by atoms with Crippen molar-refractivity contribution in [3.05, 3.63) is 0 Å². The molecule has 2 rings (SSSR count). The largest absolute Gasteiger partial charge is 0.519 e. The first-order valence-electron chi connectivity index (χ1n) is 11.7. The molecular weight excluding hydrogens is 462 g/mol. The Kier molecular flexibility index (Phi) is 13.6. The van der Waals surface area contributed by atoms with E-state index < -0.39 is 41.8 Å². The van der Waals surface area contributed by atoms with Crippen molar-refractivity contribution in [3.63, 3.8) is 0 Å². The van der Waals surface area contributed by atoms with Crippen LogP contribution in [0.3, 0.4) is 0 Å². The van der Waals surface area contributed by atoms with E-state index in [0.29, 0.717) is 26.2 Å². The van der Waals surface area contributed by atoms with E-state index in [9.17, 15) is 30.0 Å². The molecule has 35 heavy (non-hydrogen) atoms. The standard InChI is InChI=1S/C10H18O5.C7H15NO2.C6H14N2O2/c1-9(2,3)14-7(11)13-8(12)15-10(4,5)6;1-5-6(9)3-8(2)4-7(5)10;1-8-2-4(9)6(7)5(10)3-8/h1-6H3;5-7,9-10H,3-4H2,1-2H3;4-6,9-10H,2-3,7H2,1H3/t;5?,6-,7+;4-,5+,6?. The van der Waals surface area contributed by atoms with Crippen LogP contribution in [-0.4, -0.2) is 124 Å². The summed E-state index contributed by atoms with van der Waals surface area (Å²) in [6, 6.07) is -0.476.